The molecule has 0 aliphatic heterocycles. The first-order chi connectivity index (χ1) is 8.59. The molecule has 98 valence electrons. The van der Waals surface area contributed by atoms with E-state index in [1.54, 1.807) is 13.8 Å². The Kier molecular flexibility index (Phi) is 3.79. The highest BCUT2D eigenvalue weighted by atomic mass is 16.2. The normalized spacial score (nSPS) is 16.6. The molecular weight excluding hydrogens is 230 g/mol. The first-order valence-electron chi connectivity index (χ1n) is 6.46. The van der Waals surface area contributed by atoms with E-state index in [0.29, 0.717) is 11.3 Å². The lowest BCUT2D eigenvalue weighted by molar-refractivity contribution is 0.0925. The molecule has 2 N–H and O–H groups in total. The molecule has 1 aromatic heterocycles. The lowest BCUT2D eigenvalue weighted by atomic mass is 9.95. The van der Waals surface area contributed by atoms with Crippen LogP contribution in [0.4, 0.5) is 0 Å². The van der Waals surface area contributed by atoms with Crippen molar-refractivity contribution in [3.05, 3.63) is 27.2 Å². The van der Waals surface area contributed by atoms with E-state index in [9.17, 15) is 9.59 Å². The highest BCUT2D eigenvalue weighted by Crippen LogP contribution is 2.18. The summed E-state index contributed by atoms with van der Waals surface area (Å²) in [6, 6.07) is 0.207. The summed E-state index contributed by atoms with van der Waals surface area (Å²) >= 11 is 0. The van der Waals surface area contributed by atoms with Gasteiger partial charge in [0, 0.05) is 6.04 Å². The molecule has 0 unspecified atom stereocenters. The van der Waals surface area contributed by atoms with E-state index < -0.39 is 5.56 Å². The van der Waals surface area contributed by atoms with Crippen molar-refractivity contribution in [1.82, 2.24) is 15.5 Å². The molecule has 0 radical (unpaired) electrons. The van der Waals surface area contributed by atoms with Crippen molar-refractivity contribution >= 4 is 5.91 Å². The lowest BCUT2D eigenvalue weighted by Gasteiger charge is -2.22. The van der Waals surface area contributed by atoms with Gasteiger partial charge in [-0.2, -0.15) is 5.10 Å². The highest BCUT2D eigenvalue weighted by molar-refractivity contribution is 5.95. The highest BCUT2D eigenvalue weighted by Gasteiger charge is 2.20. The minimum absolute atomic E-state index is 0.202. The summed E-state index contributed by atoms with van der Waals surface area (Å²) in [6.07, 6.45) is 5.55. The van der Waals surface area contributed by atoms with Crippen molar-refractivity contribution in [2.24, 2.45) is 0 Å². The molecule has 1 heterocycles. The first-order valence-corrected chi connectivity index (χ1v) is 6.46. The molecule has 1 fully saturated rings. The van der Waals surface area contributed by atoms with Crippen LogP contribution >= 0.6 is 0 Å². The smallest absolute Gasteiger partial charge is 0.277 e. The molecule has 5 heteroatoms. The minimum Gasteiger partial charge on any atom is -0.349 e. The number of amides is 1. The third-order valence-electron chi connectivity index (χ3n) is 3.64. The van der Waals surface area contributed by atoms with Crippen molar-refractivity contribution in [2.45, 2.75) is 52.0 Å². The molecule has 0 bridgehead atoms. The van der Waals surface area contributed by atoms with Crippen LogP contribution in [0, 0.1) is 13.8 Å². The average molecular weight is 249 g/mol. The molecule has 0 aromatic carbocycles. The zero-order valence-corrected chi connectivity index (χ0v) is 10.9. The van der Waals surface area contributed by atoms with E-state index in [1.807, 2.05) is 0 Å². The van der Waals surface area contributed by atoms with Crippen molar-refractivity contribution in [1.29, 1.82) is 0 Å². The fourth-order valence-corrected chi connectivity index (χ4v) is 2.40. The number of aromatic nitrogens is 2. The minimum atomic E-state index is -0.411. The van der Waals surface area contributed by atoms with Gasteiger partial charge in [0.1, 0.15) is 5.56 Å². The number of hydrogen-bond acceptors (Lipinski definition) is 3. The molecule has 0 atom stereocenters. The van der Waals surface area contributed by atoms with Crippen LogP contribution in [0.3, 0.4) is 0 Å². The predicted octanol–water partition coefficient (Wildman–Crippen LogP) is 1.45. The summed E-state index contributed by atoms with van der Waals surface area (Å²) in [6.45, 7) is 3.54. The number of H-pyrrole nitrogens is 1. The summed E-state index contributed by atoms with van der Waals surface area (Å²) < 4.78 is 0. The van der Waals surface area contributed by atoms with Crippen molar-refractivity contribution in [2.75, 3.05) is 0 Å². The van der Waals surface area contributed by atoms with Gasteiger partial charge in [0.25, 0.3) is 11.5 Å². The zero-order valence-electron chi connectivity index (χ0n) is 10.9. The van der Waals surface area contributed by atoms with E-state index in [1.165, 1.54) is 6.42 Å². The zero-order chi connectivity index (χ0) is 13.1. The standard InChI is InChI=1S/C13H19N3O2/c1-8-9(2)15-16-13(18)11(8)12(17)14-10-6-4-3-5-7-10/h10H,3-7H2,1-2H3,(H,14,17)(H,16,18). The topological polar surface area (TPSA) is 74.8 Å². The maximum Gasteiger partial charge on any atom is 0.277 e. The molecule has 1 aliphatic rings. The van der Waals surface area contributed by atoms with Gasteiger partial charge in [-0.15, -0.1) is 0 Å². The maximum absolute atomic E-state index is 12.1. The third kappa shape index (κ3) is 2.60. The Balaban J connectivity index is 2.18. The average Bonchev–Trinajstić information content (AvgIpc) is 2.36. The van der Waals surface area contributed by atoms with Crippen LogP contribution < -0.4 is 10.9 Å². The Morgan fingerprint density at radius 3 is 2.61 bits per heavy atom. The second-order valence-corrected chi connectivity index (χ2v) is 4.95. The molecule has 1 aliphatic carbocycles. The van der Waals surface area contributed by atoms with Gasteiger partial charge < -0.3 is 5.32 Å². The number of hydrogen-bond donors (Lipinski definition) is 2. The lowest BCUT2D eigenvalue weighted by Crippen LogP contribution is -2.39. The largest absolute Gasteiger partial charge is 0.349 e. The Hall–Kier alpha value is -1.65. The Morgan fingerprint density at radius 1 is 1.28 bits per heavy atom. The van der Waals surface area contributed by atoms with Gasteiger partial charge in [0.05, 0.1) is 5.69 Å². The molecular formula is C13H19N3O2. The number of carbonyl (C=O) groups excluding carboxylic acids is 1. The third-order valence-corrected chi connectivity index (χ3v) is 3.64. The van der Waals surface area contributed by atoms with Crippen LogP contribution in [0.1, 0.15) is 53.7 Å². The summed E-state index contributed by atoms with van der Waals surface area (Å²) in [5, 5.41) is 9.17. The molecule has 2 rings (SSSR count). The SMILES string of the molecule is Cc1n[nH]c(=O)c(C(=O)NC2CCCCC2)c1C. The number of nitrogens with one attached hydrogen (secondary N) is 2. The van der Waals surface area contributed by atoms with E-state index in [4.69, 9.17) is 0 Å². The Labute approximate surface area is 106 Å². The maximum atomic E-state index is 12.1. The molecule has 1 amide bonds. The fraction of sp³-hybridized carbons (Fsp3) is 0.615. The first kappa shape index (κ1) is 12.8. The number of carbonyl (C=O) groups is 1. The molecule has 5 nitrogen and oxygen atoms in total. The number of aromatic amines is 1. The van der Waals surface area contributed by atoms with Crippen LogP contribution in [0.15, 0.2) is 4.79 Å². The van der Waals surface area contributed by atoms with Gasteiger partial charge in [0.15, 0.2) is 0 Å². The summed E-state index contributed by atoms with van der Waals surface area (Å²) in [5.41, 5.74) is 1.13. The summed E-state index contributed by atoms with van der Waals surface area (Å²) in [4.78, 5) is 23.8. The van der Waals surface area contributed by atoms with Gasteiger partial charge in [0.2, 0.25) is 0 Å². The molecule has 1 saturated carbocycles. The van der Waals surface area contributed by atoms with Crippen molar-refractivity contribution in [3.8, 4) is 0 Å². The number of nitrogens with zero attached hydrogens (tertiary/aromatic N) is 1. The van der Waals surface area contributed by atoms with Gasteiger partial charge in [-0.3, -0.25) is 9.59 Å². The summed E-state index contributed by atoms with van der Waals surface area (Å²) in [5.74, 6) is -0.272. The van der Waals surface area contributed by atoms with Crippen LogP contribution in [0.5, 0.6) is 0 Å². The Bertz CT molecular complexity index is 501. The second kappa shape index (κ2) is 5.33. The molecule has 18 heavy (non-hydrogen) atoms. The molecule has 0 spiro atoms. The number of aryl methyl sites for hydroxylation is 1. The van der Waals surface area contributed by atoms with Crippen LogP contribution in [0.25, 0.3) is 0 Å². The van der Waals surface area contributed by atoms with Crippen LogP contribution in [-0.4, -0.2) is 22.1 Å². The second-order valence-electron chi connectivity index (χ2n) is 4.95. The van der Waals surface area contributed by atoms with E-state index in [2.05, 4.69) is 15.5 Å². The molecule has 1 aromatic rings. The fourth-order valence-electron chi connectivity index (χ4n) is 2.40. The van der Waals surface area contributed by atoms with Gasteiger partial charge >= 0.3 is 0 Å². The molecule has 0 saturated heterocycles. The Morgan fingerprint density at radius 2 is 1.94 bits per heavy atom. The van der Waals surface area contributed by atoms with Crippen LogP contribution in [-0.2, 0) is 0 Å². The number of rotatable bonds is 2. The summed E-state index contributed by atoms with van der Waals surface area (Å²) in [7, 11) is 0. The van der Waals surface area contributed by atoms with E-state index >= 15 is 0 Å². The van der Waals surface area contributed by atoms with E-state index in [0.717, 1.165) is 25.7 Å². The quantitative estimate of drug-likeness (QED) is 0.833. The predicted molar refractivity (Wildman–Crippen MR) is 68.7 cm³/mol. The van der Waals surface area contributed by atoms with Crippen molar-refractivity contribution in [3.63, 3.8) is 0 Å². The van der Waals surface area contributed by atoms with Gasteiger partial charge in [-0.1, -0.05) is 19.3 Å². The van der Waals surface area contributed by atoms with Gasteiger partial charge in [-0.25, -0.2) is 5.10 Å². The van der Waals surface area contributed by atoms with Gasteiger partial charge in [-0.05, 0) is 32.3 Å². The van der Waals surface area contributed by atoms with Crippen LogP contribution in [0.2, 0.25) is 0 Å². The monoisotopic (exact) mass is 249 g/mol. The van der Waals surface area contributed by atoms with Crippen molar-refractivity contribution < 1.29 is 4.79 Å². The van der Waals surface area contributed by atoms with E-state index in [-0.39, 0.29) is 17.5 Å².